The highest BCUT2D eigenvalue weighted by molar-refractivity contribution is 5.94. The summed E-state index contributed by atoms with van der Waals surface area (Å²) < 4.78 is 33.8. The Morgan fingerprint density at radius 3 is 2.62 bits per heavy atom. The lowest BCUT2D eigenvalue weighted by Crippen LogP contribution is -2.53. The zero-order chi connectivity index (χ0) is 25.8. The number of hydrogen-bond acceptors (Lipinski definition) is 3. The van der Waals surface area contributed by atoms with E-state index in [1.165, 1.54) is 12.8 Å². The first kappa shape index (κ1) is 24.4. The van der Waals surface area contributed by atoms with Crippen LogP contribution in [0.4, 0.5) is 8.78 Å². The third kappa shape index (κ3) is 4.74. The van der Waals surface area contributed by atoms with Crippen LogP contribution in [0.25, 0.3) is 10.9 Å². The first-order valence-electron chi connectivity index (χ1n) is 13.4. The highest BCUT2D eigenvalue weighted by Crippen LogP contribution is 2.60. The summed E-state index contributed by atoms with van der Waals surface area (Å²) in [5.74, 6) is -1.12. The topological polar surface area (TPSA) is 57.4 Å². The Labute approximate surface area is 216 Å². The van der Waals surface area contributed by atoms with Gasteiger partial charge in [0.15, 0.2) is 0 Å². The van der Waals surface area contributed by atoms with Crippen LogP contribution in [0.3, 0.4) is 0 Å². The minimum atomic E-state index is -2.55. The Kier molecular flexibility index (Phi) is 6.02. The van der Waals surface area contributed by atoms with Crippen molar-refractivity contribution in [2.75, 3.05) is 20.2 Å². The number of benzene rings is 2. The molecule has 2 aromatic carbocycles. The number of rotatable bonds is 7. The summed E-state index contributed by atoms with van der Waals surface area (Å²) in [5.41, 5.74) is 4.74. The van der Waals surface area contributed by atoms with Gasteiger partial charge in [0.05, 0.1) is 7.11 Å². The van der Waals surface area contributed by atoms with Crippen molar-refractivity contribution in [1.29, 1.82) is 0 Å². The summed E-state index contributed by atoms with van der Waals surface area (Å²) in [4.78, 5) is 18.3. The monoisotopic (exact) mass is 507 g/mol. The second kappa shape index (κ2) is 9.12. The first-order chi connectivity index (χ1) is 17.8. The van der Waals surface area contributed by atoms with Crippen LogP contribution in [0.2, 0.25) is 0 Å². The number of nitrogens with zero attached hydrogens (tertiary/aromatic N) is 1. The number of methoxy groups -OCH3 is 1. The number of alkyl halides is 2. The summed E-state index contributed by atoms with van der Waals surface area (Å²) in [6, 6.07) is 11.9. The van der Waals surface area contributed by atoms with Crippen molar-refractivity contribution in [3.8, 4) is 5.75 Å². The fourth-order valence-corrected chi connectivity index (χ4v) is 6.56. The number of H-pyrrole nitrogens is 1. The molecule has 3 aliphatic rings. The van der Waals surface area contributed by atoms with Gasteiger partial charge in [-0.05, 0) is 85.9 Å². The van der Waals surface area contributed by atoms with Crippen LogP contribution in [-0.2, 0) is 6.54 Å². The number of fused-ring (bicyclic) bond motifs is 1. The van der Waals surface area contributed by atoms with Gasteiger partial charge in [-0.3, -0.25) is 9.69 Å². The number of nitrogens with one attached hydrogen (secondary N) is 2. The number of hydrogen-bond donors (Lipinski definition) is 2. The fourth-order valence-electron chi connectivity index (χ4n) is 6.56. The second-order valence-corrected chi connectivity index (χ2v) is 11.6. The summed E-state index contributed by atoms with van der Waals surface area (Å²) in [5, 5.41) is 4.16. The van der Waals surface area contributed by atoms with Gasteiger partial charge in [-0.2, -0.15) is 0 Å². The molecule has 0 bridgehead atoms. The molecule has 37 heavy (non-hydrogen) atoms. The maximum Gasteiger partial charge on any atom is 0.251 e. The van der Waals surface area contributed by atoms with Gasteiger partial charge in [0.25, 0.3) is 5.91 Å². The number of carbonyl (C=O) groups excluding carboxylic acids is 1. The van der Waals surface area contributed by atoms with E-state index in [4.69, 9.17) is 4.74 Å². The normalized spacial score (nSPS) is 22.6. The number of aryl methyl sites for hydroxylation is 1. The lowest BCUT2D eigenvalue weighted by Gasteiger charge is -2.54. The minimum Gasteiger partial charge on any atom is -0.496 e. The van der Waals surface area contributed by atoms with Crippen LogP contribution in [0.1, 0.15) is 71.6 Å². The van der Waals surface area contributed by atoms with Gasteiger partial charge < -0.3 is 15.0 Å². The van der Waals surface area contributed by atoms with E-state index in [1.807, 2.05) is 30.5 Å². The lowest BCUT2D eigenvalue weighted by atomic mass is 9.59. The molecule has 2 saturated carbocycles. The number of halogens is 2. The number of ether oxygens (including phenoxy) is 1. The molecule has 2 heterocycles. The van der Waals surface area contributed by atoms with Crippen LogP contribution in [-0.4, -0.2) is 41.9 Å². The Morgan fingerprint density at radius 2 is 1.95 bits per heavy atom. The number of amides is 1. The summed E-state index contributed by atoms with van der Waals surface area (Å²) in [7, 11) is 1.70. The molecule has 0 unspecified atom stereocenters. The lowest BCUT2D eigenvalue weighted by molar-refractivity contribution is -0.186. The SMILES string of the molecule is COc1cc(C)c2[nH]ccc2c1CN1CCC2(C[C@@H]1c1ccc(C(=O)NCC3CC3)cc1)CC(F)(F)C2. The van der Waals surface area contributed by atoms with Crippen molar-refractivity contribution in [3.63, 3.8) is 0 Å². The predicted octanol–water partition coefficient (Wildman–Crippen LogP) is 6.38. The predicted molar refractivity (Wildman–Crippen MR) is 140 cm³/mol. The molecule has 6 rings (SSSR count). The number of piperidine rings is 1. The van der Waals surface area contributed by atoms with Gasteiger partial charge in [0.1, 0.15) is 5.75 Å². The van der Waals surface area contributed by atoms with E-state index in [0.29, 0.717) is 24.4 Å². The highest BCUT2D eigenvalue weighted by Gasteiger charge is 2.58. The average molecular weight is 508 g/mol. The quantitative estimate of drug-likeness (QED) is 0.390. The van der Waals surface area contributed by atoms with Crippen molar-refractivity contribution in [2.24, 2.45) is 11.3 Å². The standard InChI is InChI=1S/C30H35F2N3O2/c1-19-13-26(37-2)24(23-9-11-33-27(19)23)16-35-12-10-29(17-30(31,32)18-29)14-25(35)21-5-7-22(8-6-21)28(36)34-15-20-3-4-20/h5-9,11,13,20,25,33H,3-4,10,12,14-18H2,1-2H3,(H,34,36)/t25-/m1/s1. The molecule has 3 aromatic rings. The van der Waals surface area contributed by atoms with Gasteiger partial charge in [-0.1, -0.05) is 12.1 Å². The fraction of sp³-hybridized carbons (Fsp3) is 0.500. The Hall–Kier alpha value is -2.93. The molecule has 1 saturated heterocycles. The van der Waals surface area contributed by atoms with E-state index >= 15 is 0 Å². The van der Waals surface area contributed by atoms with Gasteiger partial charge >= 0.3 is 0 Å². The second-order valence-electron chi connectivity index (χ2n) is 11.6. The van der Waals surface area contributed by atoms with Crippen molar-refractivity contribution in [3.05, 3.63) is 64.8 Å². The van der Waals surface area contributed by atoms with Crippen LogP contribution in [0, 0.1) is 18.3 Å². The van der Waals surface area contributed by atoms with Crippen LogP contribution < -0.4 is 10.1 Å². The number of likely N-dealkylation sites (tertiary alicyclic amines) is 1. The van der Waals surface area contributed by atoms with Gasteiger partial charge in [-0.15, -0.1) is 0 Å². The molecule has 0 radical (unpaired) electrons. The zero-order valence-corrected chi connectivity index (χ0v) is 21.6. The highest BCUT2D eigenvalue weighted by atomic mass is 19.3. The number of aromatic nitrogens is 1. The van der Waals surface area contributed by atoms with E-state index in [9.17, 15) is 13.6 Å². The molecule has 1 spiro atoms. The third-order valence-corrected chi connectivity index (χ3v) is 8.76. The van der Waals surface area contributed by atoms with E-state index in [0.717, 1.165) is 52.9 Å². The summed E-state index contributed by atoms with van der Waals surface area (Å²) in [6.07, 6.45) is 5.75. The molecular formula is C30H35F2N3O2. The average Bonchev–Trinajstić information content (AvgIpc) is 3.57. The van der Waals surface area contributed by atoms with Gasteiger partial charge in [-0.25, -0.2) is 8.78 Å². The first-order valence-corrected chi connectivity index (χ1v) is 13.4. The molecule has 7 heteroatoms. The Morgan fingerprint density at radius 1 is 1.19 bits per heavy atom. The van der Waals surface area contributed by atoms with Crippen molar-refractivity contribution >= 4 is 16.8 Å². The Bertz CT molecular complexity index is 1300. The molecule has 1 atom stereocenters. The largest absolute Gasteiger partial charge is 0.496 e. The smallest absolute Gasteiger partial charge is 0.251 e. The molecule has 1 aliphatic heterocycles. The van der Waals surface area contributed by atoms with Crippen LogP contribution in [0.15, 0.2) is 42.6 Å². The number of aromatic amines is 1. The van der Waals surface area contributed by atoms with Crippen LogP contribution in [0.5, 0.6) is 5.75 Å². The van der Waals surface area contributed by atoms with Gasteiger partial charge in [0, 0.05) is 60.2 Å². The third-order valence-electron chi connectivity index (χ3n) is 8.76. The molecule has 1 aromatic heterocycles. The van der Waals surface area contributed by atoms with Crippen molar-refractivity contribution < 1.29 is 18.3 Å². The zero-order valence-electron chi connectivity index (χ0n) is 21.6. The Balaban J connectivity index is 1.28. The van der Waals surface area contributed by atoms with E-state index in [2.05, 4.69) is 34.3 Å². The van der Waals surface area contributed by atoms with Crippen molar-refractivity contribution in [2.45, 2.75) is 64.0 Å². The molecule has 2 aliphatic carbocycles. The molecular weight excluding hydrogens is 472 g/mol. The molecule has 5 nitrogen and oxygen atoms in total. The molecule has 1 amide bonds. The van der Waals surface area contributed by atoms with Gasteiger partial charge in [0.2, 0.25) is 5.92 Å². The summed E-state index contributed by atoms with van der Waals surface area (Å²) >= 11 is 0. The maximum absolute atomic E-state index is 14.0. The number of carbonyl (C=O) groups is 1. The minimum absolute atomic E-state index is 0.00609. The van der Waals surface area contributed by atoms with Crippen LogP contribution >= 0.6 is 0 Å². The van der Waals surface area contributed by atoms with E-state index in [-0.39, 0.29) is 30.2 Å². The maximum atomic E-state index is 14.0. The summed E-state index contributed by atoms with van der Waals surface area (Å²) in [6.45, 7) is 4.21. The van der Waals surface area contributed by atoms with E-state index in [1.54, 1.807) is 7.11 Å². The molecule has 2 N–H and O–H groups in total. The van der Waals surface area contributed by atoms with E-state index < -0.39 is 5.92 Å². The molecule has 3 fully saturated rings. The molecule has 196 valence electrons. The van der Waals surface area contributed by atoms with Crippen molar-refractivity contribution in [1.82, 2.24) is 15.2 Å².